The second-order valence-corrected chi connectivity index (χ2v) is 7.26. The molecule has 0 spiro atoms. The molecule has 0 fully saturated rings. The Hall–Kier alpha value is -3.02. The van der Waals surface area contributed by atoms with Crippen LogP contribution in [-0.2, 0) is 10.2 Å². The highest BCUT2D eigenvalue weighted by molar-refractivity contribution is 5.95. The second kappa shape index (κ2) is 9.26. The summed E-state index contributed by atoms with van der Waals surface area (Å²) in [4.78, 5) is 24.4. The third-order valence-corrected chi connectivity index (χ3v) is 4.48. The molecule has 0 aliphatic rings. The first-order chi connectivity index (χ1) is 13.3. The molecule has 2 aromatic carbocycles. The van der Waals surface area contributed by atoms with Crippen molar-refractivity contribution in [1.82, 2.24) is 5.32 Å². The summed E-state index contributed by atoms with van der Waals surface area (Å²) in [5, 5.41) is 12.4. The van der Waals surface area contributed by atoms with Crippen molar-refractivity contribution in [2.24, 2.45) is 5.92 Å². The number of carbonyl (C=O) groups is 2. The number of benzene rings is 2. The van der Waals surface area contributed by atoms with Crippen molar-refractivity contribution in [3.63, 3.8) is 0 Å². The molecule has 6 nitrogen and oxygen atoms in total. The van der Waals surface area contributed by atoms with Crippen molar-refractivity contribution in [3.8, 4) is 11.5 Å². The van der Waals surface area contributed by atoms with E-state index in [-0.39, 0.29) is 12.5 Å². The van der Waals surface area contributed by atoms with Crippen LogP contribution in [0.3, 0.4) is 0 Å². The Bertz CT molecular complexity index is 819. The van der Waals surface area contributed by atoms with Crippen molar-refractivity contribution in [3.05, 3.63) is 59.7 Å². The fourth-order valence-electron chi connectivity index (χ4n) is 2.65. The monoisotopic (exact) mass is 385 g/mol. The Balaban J connectivity index is 2.14. The fourth-order valence-corrected chi connectivity index (χ4v) is 2.65. The van der Waals surface area contributed by atoms with Crippen LogP contribution < -0.4 is 14.8 Å². The van der Waals surface area contributed by atoms with Crippen LogP contribution in [0, 0.1) is 5.92 Å². The predicted molar refractivity (Wildman–Crippen MR) is 107 cm³/mol. The molecule has 0 saturated heterocycles. The maximum atomic E-state index is 12.6. The molecule has 0 radical (unpaired) electrons. The van der Waals surface area contributed by atoms with E-state index in [0.29, 0.717) is 35.2 Å². The lowest BCUT2D eigenvalue weighted by molar-refractivity contribution is -0.142. The quantitative estimate of drug-likeness (QED) is 0.690. The van der Waals surface area contributed by atoms with Gasteiger partial charge in [0.15, 0.2) is 11.5 Å². The van der Waals surface area contributed by atoms with Crippen LogP contribution in [0.15, 0.2) is 48.5 Å². The van der Waals surface area contributed by atoms with Crippen LogP contribution in [0.2, 0.25) is 0 Å². The standard InChI is InChI=1S/C22H27NO5/c1-15(2)13-28-18-11-10-16(12-19(18)27-4)20(24)23-14-22(3,21(25)26)17-8-6-5-7-9-17/h5-12,15H,13-14H2,1-4H3,(H,23,24)(H,25,26). The van der Waals surface area contributed by atoms with Gasteiger partial charge in [-0.1, -0.05) is 44.2 Å². The lowest BCUT2D eigenvalue weighted by Crippen LogP contribution is -2.44. The van der Waals surface area contributed by atoms with E-state index in [0.717, 1.165) is 0 Å². The molecule has 0 saturated carbocycles. The lowest BCUT2D eigenvalue weighted by atomic mass is 9.82. The largest absolute Gasteiger partial charge is 0.493 e. The first-order valence-corrected chi connectivity index (χ1v) is 9.16. The minimum Gasteiger partial charge on any atom is -0.493 e. The van der Waals surface area contributed by atoms with Gasteiger partial charge in [0.1, 0.15) is 5.41 Å². The number of aliphatic carboxylic acids is 1. The van der Waals surface area contributed by atoms with Crippen LogP contribution >= 0.6 is 0 Å². The molecule has 1 unspecified atom stereocenters. The second-order valence-electron chi connectivity index (χ2n) is 7.26. The van der Waals surface area contributed by atoms with Crippen molar-refractivity contribution in [2.75, 3.05) is 20.3 Å². The normalized spacial score (nSPS) is 12.9. The zero-order chi connectivity index (χ0) is 20.7. The number of hydrogen-bond acceptors (Lipinski definition) is 4. The van der Waals surface area contributed by atoms with Gasteiger partial charge >= 0.3 is 5.97 Å². The Labute approximate surface area is 165 Å². The smallest absolute Gasteiger partial charge is 0.315 e. The average Bonchev–Trinajstić information content (AvgIpc) is 2.70. The van der Waals surface area contributed by atoms with Crippen LogP contribution in [0.4, 0.5) is 0 Å². The molecule has 0 heterocycles. The van der Waals surface area contributed by atoms with E-state index in [4.69, 9.17) is 9.47 Å². The number of rotatable bonds is 9. The summed E-state index contributed by atoms with van der Waals surface area (Å²) in [6, 6.07) is 13.8. The summed E-state index contributed by atoms with van der Waals surface area (Å²) in [6.45, 7) is 6.17. The van der Waals surface area contributed by atoms with Gasteiger partial charge in [-0.05, 0) is 36.6 Å². The SMILES string of the molecule is COc1cc(C(=O)NCC(C)(C(=O)O)c2ccccc2)ccc1OCC(C)C. The molecule has 6 heteroatoms. The summed E-state index contributed by atoms with van der Waals surface area (Å²) in [5.74, 6) is -0.00439. The molecule has 2 N–H and O–H groups in total. The first-order valence-electron chi connectivity index (χ1n) is 9.16. The molecular weight excluding hydrogens is 358 g/mol. The minimum absolute atomic E-state index is 0.0426. The Morgan fingerprint density at radius 1 is 1.11 bits per heavy atom. The molecule has 2 aromatic rings. The van der Waals surface area contributed by atoms with Gasteiger partial charge in [0.25, 0.3) is 5.91 Å². The number of amides is 1. The zero-order valence-corrected chi connectivity index (χ0v) is 16.7. The number of ether oxygens (including phenoxy) is 2. The van der Waals surface area contributed by atoms with E-state index in [9.17, 15) is 14.7 Å². The van der Waals surface area contributed by atoms with Crippen molar-refractivity contribution >= 4 is 11.9 Å². The van der Waals surface area contributed by atoms with Gasteiger partial charge in [0, 0.05) is 12.1 Å². The highest BCUT2D eigenvalue weighted by Crippen LogP contribution is 2.29. The molecule has 150 valence electrons. The van der Waals surface area contributed by atoms with E-state index < -0.39 is 11.4 Å². The maximum absolute atomic E-state index is 12.6. The number of carbonyl (C=O) groups excluding carboxylic acids is 1. The predicted octanol–water partition coefficient (Wildman–Crippen LogP) is 3.50. The van der Waals surface area contributed by atoms with E-state index in [1.165, 1.54) is 7.11 Å². The summed E-state index contributed by atoms with van der Waals surface area (Å²) < 4.78 is 11.0. The fraction of sp³-hybridized carbons (Fsp3) is 0.364. The van der Waals surface area contributed by atoms with Crippen LogP contribution in [-0.4, -0.2) is 37.2 Å². The van der Waals surface area contributed by atoms with Gasteiger partial charge in [-0.2, -0.15) is 0 Å². The number of methoxy groups -OCH3 is 1. The van der Waals surface area contributed by atoms with Crippen LogP contribution in [0.25, 0.3) is 0 Å². The summed E-state index contributed by atoms with van der Waals surface area (Å²) >= 11 is 0. The molecular formula is C22H27NO5. The molecule has 2 rings (SSSR count). The van der Waals surface area contributed by atoms with Gasteiger partial charge in [0.05, 0.1) is 13.7 Å². The molecule has 1 amide bonds. The number of carboxylic acids is 1. The Kier molecular flexibility index (Phi) is 7.04. The van der Waals surface area contributed by atoms with Crippen molar-refractivity contribution < 1.29 is 24.2 Å². The number of nitrogens with one attached hydrogen (secondary N) is 1. The van der Waals surface area contributed by atoms with Crippen LogP contribution in [0.1, 0.15) is 36.7 Å². The van der Waals surface area contributed by atoms with E-state index >= 15 is 0 Å². The lowest BCUT2D eigenvalue weighted by Gasteiger charge is -2.25. The van der Waals surface area contributed by atoms with Gasteiger partial charge in [-0.3, -0.25) is 9.59 Å². The van der Waals surface area contributed by atoms with Gasteiger partial charge in [-0.25, -0.2) is 0 Å². The summed E-state index contributed by atoms with van der Waals surface area (Å²) in [7, 11) is 1.51. The molecule has 0 aliphatic heterocycles. The summed E-state index contributed by atoms with van der Waals surface area (Å²) in [5.41, 5.74) is -0.242. The van der Waals surface area contributed by atoms with Crippen molar-refractivity contribution in [2.45, 2.75) is 26.2 Å². The molecule has 28 heavy (non-hydrogen) atoms. The number of carboxylic acid groups (broad SMARTS) is 1. The highest BCUT2D eigenvalue weighted by Gasteiger charge is 2.35. The molecule has 1 atom stereocenters. The van der Waals surface area contributed by atoms with Gasteiger partial charge in [0.2, 0.25) is 0 Å². The highest BCUT2D eigenvalue weighted by atomic mass is 16.5. The summed E-state index contributed by atoms with van der Waals surface area (Å²) in [6.07, 6.45) is 0. The average molecular weight is 385 g/mol. The Morgan fingerprint density at radius 2 is 1.79 bits per heavy atom. The van der Waals surface area contributed by atoms with E-state index in [1.807, 2.05) is 19.9 Å². The minimum atomic E-state index is -1.23. The van der Waals surface area contributed by atoms with Gasteiger partial charge in [-0.15, -0.1) is 0 Å². The van der Waals surface area contributed by atoms with E-state index in [1.54, 1.807) is 49.4 Å². The maximum Gasteiger partial charge on any atom is 0.315 e. The topological polar surface area (TPSA) is 84.9 Å². The molecule has 0 bridgehead atoms. The molecule has 0 aromatic heterocycles. The Morgan fingerprint density at radius 3 is 2.36 bits per heavy atom. The first kappa shape index (κ1) is 21.3. The van der Waals surface area contributed by atoms with E-state index in [2.05, 4.69) is 5.32 Å². The third kappa shape index (κ3) is 5.03. The third-order valence-electron chi connectivity index (χ3n) is 4.48. The van der Waals surface area contributed by atoms with Crippen LogP contribution in [0.5, 0.6) is 11.5 Å². The van der Waals surface area contributed by atoms with Crippen molar-refractivity contribution in [1.29, 1.82) is 0 Å². The zero-order valence-electron chi connectivity index (χ0n) is 16.7. The van der Waals surface area contributed by atoms with Gasteiger partial charge < -0.3 is 19.9 Å². The number of hydrogen-bond donors (Lipinski definition) is 2. The molecule has 0 aliphatic carbocycles.